The molecule has 8 nitrogen and oxygen atoms in total. The van der Waals surface area contributed by atoms with E-state index in [1.165, 1.54) is 43.3 Å². The van der Waals surface area contributed by atoms with Crippen LogP contribution in [0, 0.1) is 6.92 Å². The van der Waals surface area contributed by atoms with Gasteiger partial charge < -0.3 is 15.0 Å². The van der Waals surface area contributed by atoms with Gasteiger partial charge in [-0.05, 0) is 53.9 Å². The molecular weight excluding hydrogens is 586 g/mol. The first-order valence-electron chi connectivity index (χ1n) is 13.7. The Morgan fingerprint density at radius 3 is 2.14 bits per heavy atom. The van der Waals surface area contributed by atoms with Gasteiger partial charge in [-0.3, -0.25) is 13.9 Å². The van der Waals surface area contributed by atoms with Crippen molar-refractivity contribution >= 4 is 39.1 Å². The molecule has 0 saturated carbocycles. The SMILES string of the molecule is CNC(=O)[C@H](Cc1ccccc1)N(Cc1ccccc1C)C(=O)CN(c1ccc(OC)c(Cl)c1)S(=O)(=O)c1ccccc1. The zero-order valence-electron chi connectivity index (χ0n) is 24.2. The van der Waals surface area contributed by atoms with Crippen molar-refractivity contribution in [2.24, 2.45) is 0 Å². The standard InChI is InChI=1S/C33H34ClN3O5S/c1-24-12-10-11-15-26(24)22-36(30(33(39)35-2)20-25-13-6-4-7-14-25)32(38)23-37(27-18-19-31(42-3)29(34)21-27)43(40,41)28-16-8-5-9-17-28/h4-19,21,30H,20,22-23H2,1-3H3,(H,35,39)/t30-/m0/s1. The zero-order valence-corrected chi connectivity index (χ0v) is 25.8. The number of hydrogen-bond acceptors (Lipinski definition) is 5. The molecule has 0 spiro atoms. The van der Waals surface area contributed by atoms with E-state index in [2.05, 4.69) is 5.32 Å². The van der Waals surface area contributed by atoms with Crippen molar-refractivity contribution < 1.29 is 22.7 Å². The Balaban J connectivity index is 1.81. The molecule has 0 unspecified atom stereocenters. The van der Waals surface area contributed by atoms with Gasteiger partial charge in [0.1, 0.15) is 18.3 Å². The zero-order chi connectivity index (χ0) is 31.0. The number of sulfonamides is 1. The molecule has 4 aromatic carbocycles. The van der Waals surface area contributed by atoms with Gasteiger partial charge in [0, 0.05) is 20.0 Å². The van der Waals surface area contributed by atoms with Gasteiger partial charge in [0.15, 0.2) is 0 Å². The van der Waals surface area contributed by atoms with Crippen LogP contribution in [0.15, 0.2) is 108 Å². The number of carbonyl (C=O) groups is 2. The fourth-order valence-electron chi connectivity index (χ4n) is 4.75. The molecule has 224 valence electrons. The Hall–Kier alpha value is -4.34. The third kappa shape index (κ3) is 7.55. The van der Waals surface area contributed by atoms with Gasteiger partial charge in [0.25, 0.3) is 10.0 Å². The number of halogens is 1. The van der Waals surface area contributed by atoms with E-state index in [0.29, 0.717) is 5.75 Å². The summed E-state index contributed by atoms with van der Waals surface area (Å²) in [6, 6.07) is 28.4. The predicted molar refractivity (Wildman–Crippen MR) is 169 cm³/mol. The third-order valence-electron chi connectivity index (χ3n) is 7.15. The molecule has 0 aromatic heterocycles. The average Bonchev–Trinajstić information content (AvgIpc) is 3.02. The molecule has 43 heavy (non-hydrogen) atoms. The van der Waals surface area contributed by atoms with Crippen LogP contribution in [0.2, 0.25) is 5.02 Å². The Morgan fingerprint density at radius 2 is 1.53 bits per heavy atom. The van der Waals surface area contributed by atoms with E-state index in [1.807, 2.05) is 61.5 Å². The minimum Gasteiger partial charge on any atom is -0.495 e. The lowest BCUT2D eigenvalue weighted by Gasteiger charge is -2.34. The lowest BCUT2D eigenvalue weighted by Crippen LogP contribution is -2.53. The Morgan fingerprint density at radius 1 is 0.907 bits per heavy atom. The number of likely N-dealkylation sites (N-methyl/N-ethyl adjacent to an activating group) is 1. The molecule has 1 atom stereocenters. The molecule has 10 heteroatoms. The molecule has 0 aliphatic rings. The normalized spacial score (nSPS) is 11.8. The number of hydrogen-bond donors (Lipinski definition) is 1. The lowest BCUT2D eigenvalue weighted by molar-refractivity contribution is -0.139. The quantitative estimate of drug-likeness (QED) is 0.234. The van der Waals surface area contributed by atoms with Crippen LogP contribution >= 0.6 is 11.6 Å². The van der Waals surface area contributed by atoms with Gasteiger partial charge in [-0.2, -0.15) is 0 Å². The van der Waals surface area contributed by atoms with Gasteiger partial charge in [-0.25, -0.2) is 8.42 Å². The number of methoxy groups -OCH3 is 1. The molecule has 0 radical (unpaired) electrons. The maximum atomic E-state index is 14.4. The van der Waals surface area contributed by atoms with Crippen molar-refractivity contribution in [3.05, 3.63) is 125 Å². The first kappa shape index (κ1) is 31.6. The minimum absolute atomic E-state index is 0.00679. The van der Waals surface area contributed by atoms with Crippen molar-refractivity contribution in [3.63, 3.8) is 0 Å². The second-order valence-electron chi connectivity index (χ2n) is 9.91. The highest BCUT2D eigenvalue weighted by Gasteiger charge is 2.34. The molecule has 0 saturated heterocycles. The summed E-state index contributed by atoms with van der Waals surface area (Å²) in [6.07, 6.45) is 0.234. The largest absolute Gasteiger partial charge is 0.495 e. The average molecular weight is 620 g/mol. The number of nitrogens with one attached hydrogen (secondary N) is 1. The Labute approximate surface area is 257 Å². The summed E-state index contributed by atoms with van der Waals surface area (Å²) < 4.78 is 34.3. The molecule has 0 aliphatic carbocycles. The third-order valence-corrected chi connectivity index (χ3v) is 9.24. The smallest absolute Gasteiger partial charge is 0.264 e. The van der Waals surface area contributed by atoms with Crippen LogP contribution in [0.25, 0.3) is 0 Å². The number of amides is 2. The van der Waals surface area contributed by atoms with Crippen molar-refractivity contribution in [2.75, 3.05) is 25.0 Å². The first-order chi connectivity index (χ1) is 20.6. The molecule has 0 aliphatic heterocycles. The van der Waals surface area contributed by atoms with Gasteiger partial charge in [0.05, 0.1) is 22.7 Å². The van der Waals surface area contributed by atoms with Gasteiger partial charge >= 0.3 is 0 Å². The summed E-state index contributed by atoms with van der Waals surface area (Å²) in [4.78, 5) is 29.2. The van der Waals surface area contributed by atoms with Gasteiger partial charge in [-0.15, -0.1) is 0 Å². The summed E-state index contributed by atoms with van der Waals surface area (Å²) in [7, 11) is -1.25. The second kappa shape index (κ2) is 14.2. The summed E-state index contributed by atoms with van der Waals surface area (Å²) in [6.45, 7) is 1.45. The van der Waals surface area contributed by atoms with Crippen LogP contribution < -0.4 is 14.4 Å². The van der Waals surface area contributed by atoms with Crippen LogP contribution in [0.4, 0.5) is 5.69 Å². The molecule has 4 rings (SSSR count). The highest BCUT2D eigenvalue weighted by atomic mass is 35.5. The topological polar surface area (TPSA) is 96.0 Å². The Bertz CT molecular complexity index is 1670. The summed E-state index contributed by atoms with van der Waals surface area (Å²) in [5.41, 5.74) is 2.81. The monoisotopic (exact) mass is 619 g/mol. The van der Waals surface area contributed by atoms with Crippen molar-refractivity contribution in [1.29, 1.82) is 0 Å². The van der Waals surface area contributed by atoms with E-state index < -0.39 is 28.5 Å². The van der Waals surface area contributed by atoms with E-state index in [0.717, 1.165) is 21.0 Å². The van der Waals surface area contributed by atoms with Gasteiger partial charge in [0.2, 0.25) is 11.8 Å². The fraction of sp³-hybridized carbons (Fsp3) is 0.212. The van der Waals surface area contributed by atoms with Crippen molar-refractivity contribution in [1.82, 2.24) is 10.2 Å². The van der Waals surface area contributed by atoms with Crippen LogP contribution in [-0.2, 0) is 32.6 Å². The first-order valence-corrected chi connectivity index (χ1v) is 15.5. The van der Waals surface area contributed by atoms with Crippen LogP contribution in [0.5, 0.6) is 5.75 Å². The van der Waals surface area contributed by atoms with Crippen molar-refractivity contribution in [2.45, 2.75) is 30.8 Å². The van der Waals surface area contributed by atoms with Crippen LogP contribution in [0.1, 0.15) is 16.7 Å². The fourth-order valence-corrected chi connectivity index (χ4v) is 6.43. The molecule has 0 bridgehead atoms. The number of aryl methyl sites for hydroxylation is 1. The van der Waals surface area contributed by atoms with Gasteiger partial charge in [-0.1, -0.05) is 84.4 Å². The van der Waals surface area contributed by atoms with Crippen LogP contribution in [0.3, 0.4) is 0 Å². The minimum atomic E-state index is -4.22. The molecular formula is C33H34ClN3O5S. The second-order valence-corrected chi connectivity index (χ2v) is 12.2. The summed E-state index contributed by atoms with van der Waals surface area (Å²) in [5.74, 6) is -0.562. The molecule has 4 aromatic rings. The van der Waals surface area contributed by atoms with E-state index in [9.17, 15) is 18.0 Å². The number of nitrogens with zero attached hydrogens (tertiary/aromatic N) is 2. The predicted octanol–water partition coefficient (Wildman–Crippen LogP) is 5.24. The van der Waals surface area contributed by atoms with E-state index >= 15 is 0 Å². The Kier molecular flexibility index (Phi) is 10.4. The van der Waals surface area contributed by atoms with E-state index in [4.69, 9.17) is 16.3 Å². The van der Waals surface area contributed by atoms with Crippen LogP contribution in [-0.4, -0.2) is 51.9 Å². The maximum Gasteiger partial charge on any atom is 0.264 e. The number of ether oxygens (including phenoxy) is 1. The number of anilines is 1. The summed E-state index contributed by atoms with van der Waals surface area (Å²) >= 11 is 6.40. The number of benzene rings is 4. The molecule has 2 amide bonds. The molecule has 0 heterocycles. The highest BCUT2D eigenvalue weighted by molar-refractivity contribution is 7.92. The van der Waals surface area contributed by atoms with Crippen molar-refractivity contribution in [3.8, 4) is 5.75 Å². The highest BCUT2D eigenvalue weighted by Crippen LogP contribution is 2.32. The summed E-state index contributed by atoms with van der Waals surface area (Å²) in [5, 5.41) is 2.87. The number of rotatable bonds is 12. The molecule has 0 fully saturated rings. The van der Waals surface area contributed by atoms with E-state index in [-0.39, 0.29) is 34.5 Å². The number of carbonyl (C=O) groups excluding carboxylic acids is 2. The maximum absolute atomic E-state index is 14.4. The van der Waals surface area contributed by atoms with E-state index in [1.54, 1.807) is 24.3 Å². The molecule has 1 N–H and O–H groups in total. The lowest BCUT2D eigenvalue weighted by atomic mass is 10.0.